The lowest BCUT2D eigenvalue weighted by molar-refractivity contribution is 0.0531. The van der Waals surface area contributed by atoms with Crippen LogP contribution in [-0.4, -0.2) is 40.5 Å². The molecule has 0 spiro atoms. The molecule has 0 aromatic carbocycles. The van der Waals surface area contributed by atoms with E-state index in [0.29, 0.717) is 33.1 Å². The zero-order valence-electron chi connectivity index (χ0n) is 13.6. The van der Waals surface area contributed by atoms with Gasteiger partial charge in [0, 0.05) is 0 Å². The van der Waals surface area contributed by atoms with Crippen molar-refractivity contribution in [2.24, 2.45) is 0 Å². The maximum absolute atomic E-state index is 12.5. The summed E-state index contributed by atoms with van der Waals surface area (Å²) in [4.78, 5) is 35.4. The maximum atomic E-state index is 12.5. The van der Waals surface area contributed by atoms with Gasteiger partial charge in [-0.1, -0.05) is 0 Å². The van der Waals surface area contributed by atoms with Crippen LogP contribution in [0.3, 0.4) is 0 Å². The quantitative estimate of drug-likeness (QED) is 0.869. The van der Waals surface area contributed by atoms with Gasteiger partial charge in [-0.05, 0) is 52.3 Å². The van der Waals surface area contributed by atoms with E-state index in [4.69, 9.17) is 4.74 Å². The first-order valence-electron chi connectivity index (χ1n) is 7.97. The van der Waals surface area contributed by atoms with Gasteiger partial charge in [-0.3, -0.25) is 9.69 Å². The van der Waals surface area contributed by atoms with Crippen molar-refractivity contribution in [3.8, 4) is 0 Å². The molecule has 3 heterocycles. The van der Waals surface area contributed by atoms with Gasteiger partial charge in [-0.15, -0.1) is 11.3 Å². The zero-order valence-corrected chi connectivity index (χ0v) is 14.5. The van der Waals surface area contributed by atoms with Crippen LogP contribution in [0.1, 0.15) is 53.8 Å². The summed E-state index contributed by atoms with van der Waals surface area (Å²) < 4.78 is 5.06. The van der Waals surface area contributed by atoms with E-state index in [2.05, 4.69) is 21.8 Å². The highest BCUT2D eigenvalue weighted by molar-refractivity contribution is 7.20. The molecule has 124 valence electrons. The second-order valence-electron chi connectivity index (χ2n) is 5.83. The molecule has 6 nitrogen and oxygen atoms in total. The number of esters is 1. The number of nitrogens with one attached hydrogen (secondary N) is 1. The number of aryl methyl sites for hydroxylation is 1. The third-order valence-corrected chi connectivity index (χ3v) is 5.53. The van der Waals surface area contributed by atoms with Crippen molar-refractivity contribution in [2.75, 3.05) is 19.7 Å². The molecule has 23 heavy (non-hydrogen) atoms. The summed E-state index contributed by atoms with van der Waals surface area (Å²) in [5.74, 6) is 0.280. The predicted octanol–water partition coefficient (Wildman–Crippen LogP) is 2.63. The lowest BCUT2D eigenvalue weighted by Crippen LogP contribution is -2.26. The van der Waals surface area contributed by atoms with Gasteiger partial charge >= 0.3 is 5.97 Å². The summed E-state index contributed by atoms with van der Waals surface area (Å²) in [6.45, 7) is 7.96. The third kappa shape index (κ3) is 2.90. The number of thiophene rings is 1. The average Bonchev–Trinajstić information content (AvgIpc) is 3.15. The summed E-state index contributed by atoms with van der Waals surface area (Å²) in [7, 11) is 0. The summed E-state index contributed by atoms with van der Waals surface area (Å²) in [5, 5.41) is 0.496. The fourth-order valence-corrected chi connectivity index (χ4v) is 4.13. The molecule has 0 amide bonds. The topological polar surface area (TPSA) is 75.3 Å². The molecule has 3 rings (SSSR count). The number of likely N-dealkylation sites (tertiary alicyclic amines) is 1. The van der Waals surface area contributed by atoms with Crippen LogP contribution in [0.4, 0.5) is 0 Å². The smallest absolute Gasteiger partial charge is 0.348 e. The number of hydrogen-bond donors (Lipinski definition) is 1. The van der Waals surface area contributed by atoms with Crippen LogP contribution in [0.15, 0.2) is 4.79 Å². The number of rotatable bonds is 4. The van der Waals surface area contributed by atoms with E-state index in [1.54, 1.807) is 13.8 Å². The largest absolute Gasteiger partial charge is 0.462 e. The molecule has 0 saturated carbocycles. The van der Waals surface area contributed by atoms with Gasteiger partial charge in [-0.2, -0.15) is 0 Å². The molecule has 1 aliphatic rings. The highest BCUT2D eigenvalue weighted by atomic mass is 32.1. The number of carbonyl (C=O) groups is 1. The average molecular weight is 335 g/mol. The Morgan fingerprint density at radius 3 is 2.78 bits per heavy atom. The standard InChI is InChI=1S/C16H21N3O3S/c1-4-22-16(21)12-9(2)11-14(20)17-13(18-15(11)23-12)10(3)19-7-5-6-8-19/h10H,4-8H2,1-3H3,(H,17,18,20)/t10-/m1/s1. The second-order valence-corrected chi connectivity index (χ2v) is 6.83. The summed E-state index contributed by atoms with van der Waals surface area (Å²) in [6, 6.07) is 0.0723. The van der Waals surface area contributed by atoms with Gasteiger partial charge in [0.25, 0.3) is 5.56 Å². The molecule has 2 aromatic heterocycles. The van der Waals surface area contributed by atoms with Gasteiger partial charge < -0.3 is 9.72 Å². The number of nitrogens with zero attached hydrogens (tertiary/aromatic N) is 2. The summed E-state index contributed by atoms with van der Waals surface area (Å²) in [6.07, 6.45) is 2.36. The van der Waals surface area contributed by atoms with Crippen LogP contribution < -0.4 is 5.56 Å². The van der Waals surface area contributed by atoms with Crippen molar-refractivity contribution in [1.82, 2.24) is 14.9 Å². The molecule has 0 bridgehead atoms. The van der Waals surface area contributed by atoms with E-state index in [1.165, 1.54) is 24.2 Å². The van der Waals surface area contributed by atoms with Crippen LogP contribution in [0.25, 0.3) is 10.2 Å². The molecule has 0 aliphatic carbocycles. The van der Waals surface area contributed by atoms with E-state index in [-0.39, 0.29) is 17.6 Å². The number of aromatic amines is 1. The highest BCUT2D eigenvalue weighted by Crippen LogP contribution is 2.29. The molecule has 0 unspecified atom stereocenters. The molecule has 7 heteroatoms. The van der Waals surface area contributed by atoms with Crippen molar-refractivity contribution in [1.29, 1.82) is 0 Å². The van der Waals surface area contributed by atoms with Crippen molar-refractivity contribution >= 4 is 27.5 Å². The second kappa shape index (κ2) is 6.41. The highest BCUT2D eigenvalue weighted by Gasteiger charge is 2.24. The number of hydrogen-bond acceptors (Lipinski definition) is 6. The van der Waals surface area contributed by atoms with Gasteiger partial charge in [0.05, 0.1) is 18.0 Å². The maximum Gasteiger partial charge on any atom is 0.348 e. The van der Waals surface area contributed by atoms with E-state index < -0.39 is 0 Å². The first-order valence-corrected chi connectivity index (χ1v) is 8.79. The Hall–Kier alpha value is -1.73. The third-order valence-electron chi connectivity index (χ3n) is 4.36. The van der Waals surface area contributed by atoms with Crippen LogP contribution >= 0.6 is 11.3 Å². The molecule has 1 N–H and O–H groups in total. The lowest BCUT2D eigenvalue weighted by atomic mass is 10.2. The van der Waals surface area contributed by atoms with E-state index in [1.807, 2.05) is 0 Å². The van der Waals surface area contributed by atoms with Gasteiger partial charge in [0.1, 0.15) is 15.5 Å². The normalized spacial score (nSPS) is 16.8. The van der Waals surface area contributed by atoms with Gasteiger partial charge in [0.15, 0.2) is 0 Å². The van der Waals surface area contributed by atoms with E-state index in [9.17, 15) is 9.59 Å². The molecule has 2 aromatic rings. The Morgan fingerprint density at radius 2 is 2.13 bits per heavy atom. The van der Waals surface area contributed by atoms with Crippen molar-refractivity contribution < 1.29 is 9.53 Å². The Labute approximate surface area is 138 Å². The minimum absolute atomic E-state index is 0.0723. The summed E-state index contributed by atoms with van der Waals surface area (Å²) >= 11 is 1.24. The number of ether oxygens (including phenoxy) is 1. The molecule has 1 fully saturated rings. The SMILES string of the molecule is CCOC(=O)c1sc2nc([C@@H](C)N3CCCC3)[nH]c(=O)c2c1C. The van der Waals surface area contributed by atoms with Crippen LogP contribution in [0, 0.1) is 6.92 Å². The fraction of sp³-hybridized carbons (Fsp3) is 0.562. The number of carbonyl (C=O) groups excluding carboxylic acids is 1. The first-order chi connectivity index (χ1) is 11.0. The number of H-pyrrole nitrogens is 1. The van der Waals surface area contributed by atoms with Crippen molar-refractivity contribution in [3.63, 3.8) is 0 Å². The molecule has 0 radical (unpaired) electrons. The van der Waals surface area contributed by atoms with Crippen molar-refractivity contribution in [2.45, 2.75) is 39.7 Å². The molecule has 1 aliphatic heterocycles. The van der Waals surface area contributed by atoms with Crippen molar-refractivity contribution in [3.05, 3.63) is 26.6 Å². The Balaban J connectivity index is 2.04. The van der Waals surface area contributed by atoms with E-state index >= 15 is 0 Å². The van der Waals surface area contributed by atoms with Gasteiger partial charge in [-0.25, -0.2) is 9.78 Å². The Kier molecular flexibility index (Phi) is 4.50. The van der Waals surface area contributed by atoms with Crippen LogP contribution in [-0.2, 0) is 4.74 Å². The van der Waals surface area contributed by atoms with Crippen LogP contribution in [0.2, 0.25) is 0 Å². The number of fused-ring (bicyclic) bond motifs is 1. The molecular formula is C16H21N3O3S. The molecule has 1 atom stereocenters. The first kappa shape index (κ1) is 16.1. The Bertz CT molecular complexity index is 790. The zero-order chi connectivity index (χ0) is 16.6. The predicted molar refractivity (Wildman–Crippen MR) is 90.2 cm³/mol. The van der Waals surface area contributed by atoms with Gasteiger partial charge in [0.2, 0.25) is 0 Å². The number of aromatic nitrogens is 2. The minimum Gasteiger partial charge on any atom is -0.462 e. The minimum atomic E-state index is -0.387. The monoisotopic (exact) mass is 335 g/mol. The lowest BCUT2D eigenvalue weighted by Gasteiger charge is -2.22. The molecule has 1 saturated heterocycles. The van der Waals surface area contributed by atoms with E-state index in [0.717, 1.165) is 13.1 Å². The Morgan fingerprint density at radius 1 is 1.43 bits per heavy atom. The summed E-state index contributed by atoms with van der Waals surface area (Å²) in [5.41, 5.74) is 0.470. The van der Waals surface area contributed by atoms with Crippen LogP contribution in [0.5, 0.6) is 0 Å². The fourth-order valence-electron chi connectivity index (χ4n) is 3.05. The molecular weight excluding hydrogens is 314 g/mol.